The van der Waals surface area contributed by atoms with E-state index in [1.165, 1.54) is 28.1 Å². The lowest BCUT2D eigenvalue weighted by Gasteiger charge is -2.01. The summed E-state index contributed by atoms with van der Waals surface area (Å²) in [5.41, 5.74) is 1.24. The van der Waals surface area contributed by atoms with Gasteiger partial charge in [-0.3, -0.25) is 4.79 Å². The summed E-state index contributed by atoms with van der Waals surface area (Å²) < 4.78 is 0. The van der Waals surface area contributed by atoms with Gasteiger partial charge in [-0.2, -0.15) is 0 Å². The minimum absolute atomic E-state index is 0.188. The van der Waals surface area contributed by atoms with Gasteiger partial charge in [0, 0.05) is 12.7 Å². The molecular weight excluding hydrogens is 240 g/mol. The van der Waals surface area contributed by atoms with Gasteiger partial charge < -0.3 is 0 Å². The molecule has 2 rings (SSSR count). The molecule has 0 saturated heterocycles. The van der Waals surface area contributed by atoms with Crippen molar-refractivity contribution in [2.75, 3.05) is 5.75 Å². The molecule has 2 aromatic carbocycles. The van der Waals surface area contributed by atoms with E-state index in [0.29, 0.717) is 0 Å². The van der Waals surface area contributed by atoms with Crippen LogP contribution in [-0.2, 0) is 4.79 Å². The normalized spacial score (nSPS) is 11.2. The summed E-state index contributed by atoms with van der Waals surface area (Å²) in [4.78, 5) is 10.8. The lowest BCUT2D eigenvalue weighted by atomic mass is 10.0. The van der Waals surface area contributed by atoms with Crippen LogP contribution >= 0.6 is 11.8 Å². The van der Waals surface area contributed by atoms with Crippen molar-refractivity contribution in [2.45, 2.75) is 13.3 Å². The average molecular weight is 256 g/mol. The van der Waals surface area contributed by atoms with Gasteiger partial charge in [0.2, 0.25) is 0 Å². The van der Waals surface area contributed by atoms with E-state index in [0.717, 1.165) is 12.2 Å². The Morgan fingerprint density at radius 3 is 2.78 bits per heavy atom. The fraction of sp³-hybridized carbons (Fsp3) is 0.188. The summed E-state index contributed by atoms with van der Waals surface area (Å²) in [6.07, 6.45) is 5.20. The molecule has 0 fully saturated rings. The third-order valence-electron chi connectivity index (χ3n) is 2.71. The van der Waals surface area contributed by atoms with Gasteiger partial charge in [0.1, 0.15) is 0 Å². The van der Waals surface area contributed by atoms with Crippen LogP contribution in [0.25, 0.3) is 16.8 Å². The number of allylic oxidation sites excluding steroid dienone is 1. The fourth-order valence-corrected chi connectivity index (χ4v) is 2.42. The number of rotatable bonds is 4. The molecule has 0 N–H and O–H groups in total. The molecule has 18 heavy (non-hydrogen) atoms. The first-order valence-electron chi connectivity index (χ1n) is 6.05. The molecule has 0 saturated carbocycles. The minimum Gasteiger partial charge on any atom is -0.288 e. The van der Waals surface area contributed by atoms with Crippen LogP contribution in [0.2, 0.25) is 0 Å². The van der Waals surface area contributed by atoms with Crippen molar-refractivity contribution < 1.29 is 4.79 Å². The van der Waals surface area contributed by atoms with E-state index in [9.17, 15) is 4.79 Å². The van der Waals surface area contributed by atoms with Crippen LogP contribution in [0.1, 0.15) is 18.9 Å². The highest BCUT2D eigenvalue weighted by molar-refractivity contribution is 8.13. The van der Waals surface area contributed by atoms with Crippen molar-refractivity contribution >= 4 is 33.7 Å². The van der Waals surface area contributed by atoms with E-state index in [4.69, 9.17) is 0 Å². The summed E-state index contributed by atoms with van der Waals surface area (Å²) in [5.74, 6) is 0.858. The highest BCUT2D eigenvalue weighted by Crippen LogP contribution is 2.19. The summed E-state index contributed by atoms with van der Waals surface area (Å²) in [5, 5.41) is 2.72. The first kappa shape index (κ1) is 12.9. The first-order valence-corrected chi connectivity index (χ1v) is 7.03. The molecule has 0 atom stereocenters. The Hall–Kier alpha value is -1.54. The van der Waals surface area contributed by atoms with E-state index < -0.39 is 0 Å². The Morgan fingerprint density at radius 1 is 1.17 bits per heavy atom. The lowest BCUT2D eigenvalue weighted by Crippen LogP contribution is -1.83. The Morgan fingerprint density at radius 2 is 1.94 bits per heavy atom. The molecule has 92 valence electrons. The van der Waals surface area contributed by atoms with Crippen molar-refractivity contribution in [3.63, 3.8) is 0 Å². The van der Waals surface area contributed by atoms with E-state index in [1.807, 2.05) is 0 Å². The molecule has 0 bridgehead atoms. The Labute approximate surface area is 112 Å². The Kier molecular flexibility index (Phi) is 4.59. The first-order chi connectivity index (χ1) is 8.77. The zero-order chi connectivity index (χ0) is 12.8. The van der Waals surface area contributed by atoms with Gasteiger partial charge in [0.25, 0.3) is 0 Å². The van der Waals surface area contributed by atoms with E-state index in [1.54, 1.807) is 6.92 Å². The number of fused-ring (bicyclic) bond motifs is 1. The number of thioether (sulfide) groups is 1. The molecule has 2 aromatic rings. The molecule has 0 radical (unpaired) electrons. The van der Waals surface area contributed by atoms with Crippen LogP contribution in [-0.4, -0.2) is 10.9 Å². The number of benzene rings is 2. The standard InChI is InChI=1S/C16H16OS/c1-13(17)18-12-5-4-8-15-10-6-9-14-7-2-3-11-16(14)15/h2-4,6-11H,5,12H2,1H3. The molecule has 0 unspecified atom stereocenters. The van der Waals surface area contributed by atoms with Crippen LogP contribution in [0.3, 0.4) is 0 Å². The smallest absolute Gasteiger partial charge is 0.185 e. The predicted molar refractivity (Wildman–Crippen MR) is 80.7 cm³/mol. The maximum absolute atomic E-state index is 10.8. The zero-order valence-corrected chi connectivity index (χ0v) is 11.2. The predicted octanol–water partition coefficient (Wildman–Crippen LogP) is 4.52. The third kappa shape index (κ3) is 3.47. The molecule has 0 heterocycles. The third-order valence-corrected chi connectivity index (χ3v) is 3.56. The number of carbonyl (C=O) groups excluding carboxylic acids is 1. The second kappa shape index (κ2) is 6.41. The average Bonchev–Trinajstić information content (AvgIpc) is 2.38. The van der Waals surface area contributed by atoms with Crippen molar-refractivity contribution in [2.24, 2.45) is 0 Å². The van der Waals surface area contributed by atoms with Gasteiger partial charge in [-0.05, 0) is 22.8 Å². The molecule has 0 aromatic heterocycles. The van der Waals surface area contributed by atoms with Gasteiger partial charge in [-0.25, -0.2) is 0 Å². The Bertz CT molecular complexity index is 567. The second-order valence-electron chi connectivity index (χ2n) is 4.10. The van der Waals surface area contributed by atoms with Crippen LogP contribution in [0.5, 0.6) is 0 Å². The quantitative estimate of drug-likeness (QED) is 0.748. The van der Waals surface area contributed by atoms with E-state index >= 15 is 0 Å². The maximum Gasteiger partial charge on any atom is 0.185 e. The Balaban J connectivity index is 2.07. The number of hydrogen-bond donors (Lipinski definition) is 0. The molecule has 0 spiro atoms. The summed E-state index contributed by atoms with van der Waals surface area (Å²) in [6.45, 7) is 1.61. The van der Waals surface area contributed by atoms with Gasteiger partial charge in [-0.1, -0.05) is 66.4 Å². The van der Waals surface area contributed by atoms with E-state index in [-0.39, 0.29) is 5.12 Å². The van der Waals surface area contributed by atoms with Crippen LogP contribution in [0.4, 0.5) is 0 Å². The molecule has 2 heteroatoms. The highest BCUT2D eigenvalue weighted by atomic mass is 32.2. The van der Waals surface area contributed by atoms with Gasteiger partial charge in [0.05, 0.1) is 0 Å². The summed E-state index contributed by atoms with van der Waals surface area (Å²) in [7, 11) is 0. The minimum atomic E-state index is 0.188. The molecule has 0 aliphatic carbocycles. The van der Waals surface area contributed by atoms with Crippen molar-refractivity contribution in [3.05, 3.63) is 54.1 Å². The van der Waals surface area contributed by atoms with Crippen LogP contribution in [0.15, 0.2) is 48.5 Å². The van der Waals surface area contributed by atoms with E-state index in [2.05, 4.69) is 54.6 Å². The summed E-state index contributed by atoms with van der Waals surface area (Å²) >= 11 is 1.38. The van der Waals surface area contributed by atoms with Crippen molar-refractivity contribution in [1.29, 1.82) is 0 Å². The topological polar surface area (TPSA) is 17.1 Å². The SMILES string of the molecule is CC(=O)SCCC=Cc1cccc2ccccc12. The summed E-state index contributed by atoms with van der Waals surface area (Å²) in [6, 6.07) is 14.7. The zero-order valence-electron chi connectivity index (χ0n) is 10.4. The van der Waals surface area contributed by atoms with Crippen LogP contribution < -0.4 is 0 Å². The lowest BCUT2D eigenvalue weighted by molar-refractivity contribution is -0.109. The largest absolute Gasteiger partial charge is 0.288 e. The number of carbonyl (C=O) groups is 1. The maximum atomic E-state index is 10.8. The van der Waals surface area contributed by atoms with Crippen molar-refractivity contribution in [1.82, 2.24) is 0 Å². The van der Waals surface area contributed by atoms with Gasteiger partial charge >= 0.3 is 0 Å². The van der Waals surface area contributed by atoms with Gasteiger partial charge in [0.15, 0.2) is 5.12 Å². The monoisotopic (exact) mass is 256 g/mol. The van der Waals surface area contributed by atoms with Gasteiger partial charge in [-0.15, -0.1) is 0 Å². The van der Waals surface area contributed by atoms with Crippen molar-refractivity contribution in [3.8, 4) is 0 Å². The molecule has 0 aliphatic rings. The highest BCUT2D eigenvalue weighted by Gasteiger charge is 1.96. The molecular formula is C16H16OS. The fourth-order valence-electron chi connectivity index (χ4n) is 1.88. The number of hydrogen-bond acceptors (Lipinski definition) is 2. The van der Waals surface area contributed by atoms with Crippen LogP contribution in [0, 0.1) is 0 Å². The molecule has 1 nitrogen and oxygen atoms in total. The molecule has 0 aliphatic heterocycles. The second-order valence-corrected chi connectivity index (χ2v) is 5.37. The molecule has 0 amide bonds.